The van der Waals surface area contributed by atoms with E-state index in [9.17, 15) is 0 Å². The van der Waals surface area contributed by atoms with Crippen LogP contribution in [-0.2, 0) is 0 Å². The van der Waals surface area contributed by atoms with Gasteiger partial charge in [-0.05, 0) is 65.1 Å². The first-order valence-electron chi connectivity index (χ1n) is 15.9. The maximum absolute atomic E-state index is 6.64. The van der Waals surface area contributed by atoms with Gasteiger partial charge in [-0.25, -0.2) is 0 Å². The third-order valence-corrected chi connectivity index (χ3v) is 9.21. The van der Waals surface area contributed by atoms with Crippen LogP contribution in [-0.4, -0.2) is 0 Å². The van der Waals surface area contributed by atoms with Crippen LogP contribution in [0.1, 0.15) is 25.3 Å². The lowest BCUT2D eigenvalue weighted by Crippen LogP contribution is -2.10. The van der Waals surface area contributed by atoms with Crippen molar-refractivity contribution in [2.75, 3.05) is 4.90 Å². The fraction of sp³-hybridized carbons (Fsp3) is 0.0698. The first-order valence-corrected chi connectivity index (χ1v) is 15.9. The molecule has 46 heavy (non-hydrogen) atoms. The van der Waals surface area contributed by atoms with E-state index < -0.39 is 0 Å². The van der Waals surface area contributed by atoms with Gasteiger partial charge in [0.25, 0.3) is 0 Å². The second kappa shape index (κ2) is 10.4. The molecule has 0 radical (unpaired) electrons. The Morgan fingerprint density at radius 1 is 0.457 bits per heavy atom. The Morgan fingerprint density at radius 2 is 1.13 bits per heavy atom. The zero-order valence-electron chi connectivity index (χ0n) is 25.7. The van der Waals surface area contributed by atoms with Crippen LogP contribution >= 0.6 is 0 Å². The second-order valence-corrected chi connectivity index (χ2v) is 12.3. The fourth-order valence-corrected chi connectivity index (χ4v) is 7.06. The van der Waals surface area contributed by atoms with E-state index in [0.717, 1.165) is 71.9 Å². The quantitative estimate of drug-likeness (QED) is 0.199. The molecule has 0 atom stereocenters. The van der Waals surface area contributed by atoms with E-state index in [-0.39, 0.29) is 0 Å². The number of hydrogen-bond acceptors (Lipinski definition) is 3. The highest BCUT2D eigenvalue weighted by molar-refractivity contribution is 6.20. The molecule has 0 saturated heterocycles. The zero-order chi connectivity index (χ0) is 30.8. The van der Waals surface area contributed by atoms with Crippen LogP contribution in [0.5, 0.6) is 0 Å². The summed E-state index contributed by atoms with van der Waals surface area (Å²) in [6.45, 7) is 4.50. The molecular formula is C43H31NO2. The first kappa shape index (κ1) is 26.6. The van der Waals surface area contributed by atoms with Gasteiger partial charge in [0.05, 0.1) is 5.69 Å². The van der Waals surface area contributed by atoms with E-state index in [1.54, 1.807) is 0 Å². The summed E-state index contributed by atoms with van der Waals surface area (Å²) in [4.78, 5) is 2.37. The molecule has 3 heteroatoms. The van der Waals surface area contributed by atoms with E-state index >= 15 is 0 Å². The lowest BCUT2D eigenvalue weighted by molar-refractivity contribution is 0.669. The molecule has 0 spiro atoms. The molecule has 9 aromatic rings. The lowest BCUT2D eigenvalue weighted by Gasteiger charge is -2.27. The molecule has 0 N–H and O–H groups in total. The van der Waals surface area contributed by atoms with Gasteiger partial charge >= 0.3 is 0 Å². The summed E-state index contributed by atoms with van der Waals surface area (Å²) in [7, 11) is 0. The van der Waals surface area contributed by atoms with Crippen LogP contribution in [0.25, 0.3) is 65.8 Å². The van der Waals surface area contributed by atoms with Crippen molar-refractivity contribution in [3.63, 3.8) is 0 Å². The summed E-state index contributed by atoms with van der Waals surface area (Å²) in [5.41, 5.74) is 10.4. The topological polar surface area (TPSA) is 29.5 Å². The molecule has 0 fully saturated rings. The largest absolute Gasteiger partial charge is 0.456 e. The van der Waals surface area contributed by atoms with Crippen LogP contribution in [0.3, 0.4) is 0 Å². The number of rotatable bonds is 5. The van der Waals surface area contributed by atoms with Crippen LogP contribution in [0.4, 0.5) is 17.1 Å². The fourth-order valence-electron chi connectivity index (χ4n) is 7.06. The summed E-state index contributed by atoms with van der Waals surface area (Å²) < 4.78 is 13.0. The molecular weight excluding hydrogens is 562 g/mol. The Hall–Kier alpha value is -5.80. The maximum Gasteiger partial charge on any atom is 0.143 e. The van der Waals surface area contributed by atoms with Crippen molar-refractivity contribution < 1.29 is 8.83 Å². The van der Waals surface area contributed by atoms with E-state index in [4.69, 9.17) is 8.83 Å². The average Bonchev–Trinajstić information content (AvgIpc) is 3.67. The van der Waals surface area contributed by atoms with Crippen LogP contribution in [0.2, 0.25) is 0 Å². The van der Waals surface area contributed by atoms with Gasteiger partial charge in [-0.15, -0.1) is 0 Å². The van der Waals surface area contributed by atoms with Crippen LogP contribution < -0.4 is 4.90 Å². The number of hydrogen-bond donors (Lipinski definition) is 0. The lowest BCUT2D eigenvalue weighted by atomic mass is 9.95. The first-order chi connectivity index (χ1) is 22.6. The minimum absolute atomic E-state index is 0.355. The number of anilines is 3. The number of fused-ring (bicyclic) bond motifs is 8. The van der Waals surface area contributed by atoms with Crippen molar-refractivity contribution in [1.82, 2.24) is 0 Å². The molecule has 0 unspecified atom stereocenters. The Bertz CT molecular complexity index is 2570. The molecule has 9 rings (SSSR count). The molecule has 0 aliphatic rings. The molecule has 2 heterocycles. The molecule has 2 aromatic heterocycles. The molecule has 220 valence electrons. The molecule has 0 amide bonds. The Kier molecular flexibility index (Phi) is 6.01. The van der Waals surface area contributed by atoms with Crippen molar-refractivity contribution in [1.29, 1.82) is 0 Å². The smallest absolute Gasteiger partial charge is 0.143 e. The van der Waals surface area contributed by atoms with Crippen molar-refractivity contribution in [2.24, 2.45) is 0 Å². The van der Waals surface area contributed by atoms with Gasteiger partial charge in [0.15, 0.2) is 0 Å². The molecule has 0 aliphatic carbocycles. The Labute approximate surface area is 266 Å². The number of nitrogens with zero attached hydrogens (tertiary/aromatic N) is 1. The van der Waals surface area contributed by atoms with Crippen molar-refractivity contribution in [3.8, 4) is 11.1 Å². The number of para-hydroxylation sites is 1. The molecule has 0 saturated carbocycles. The van der Waals surface area contributed by atoms with Gasteiger partial charge in [0.1, 0.15) is 22.3 Å². The van der Waals surface area contributed by atoms with Crippen LogP contribution in [0.15, 0.2) is 154 Å². The standard InChI is InChI=1S/C43H31NO2/c1-27(2)32-19-11-21-40-42(32)37-26-38(33-16-6-7-18-36(33)43(37)46-40)44(30-15-10-14-29(24-30)28-12-4-3-5-13-28)31-22-23-35-34-17-8-9-20-39(34)45-41(35)25-31/h3-27H,1-2H3. The van der Waals surface area contributed by atoms with E-state index in [1.165, 1.54) is 16.5 Å². The van der Waals surface area contributed by atoms with Gasteiger partial charge in [0.2, 0.25) is 0 Å². The highest BCUT2D eigenvalue weighted by atomic mass is 16.3. The third kappa shape index (κ3) is 4.13. The molecule has 3 nitrogen and oxygen atoms in total. The van der Waals surface area contributed by atoms with E-state index in [2.05, 4.69) is 152 Å². The molecule has 7 aromatic carbocycles. The summed E-state index contributed by atoms with van der Waals surface area (Å²) >= 11 is 0. The van der Waals surface area contributed by atoms with Gasteiger partial charge in [-0.1, -0.05) is 111 Å². The van der Waals surface area contributed by atoms with Crippen LogP contribution in [0, 0.1) is 0 Å². The summed E-state index contributed by atoms with van der Waals surface area (Å²) in [6.07, 6.45) is 0. The van der Waals surface area contributed by atoms with E-state index in [1.807, 2.05) is 12.1 Å². The SMILES string of the molecule is CC(C)c1cccc2oc3c4ccccc4c(N(c4cccc(-c5ccccc5)c4)c4ccc5c(c4)oc4ccccc45)cc3c12. The van der Waals surface area contributed by atoms with Gasteiger partial charge in [0, 0.05) is 49.8 Å². The predicted octanol–water partition coefficient (Wildman–Crippen LogP) is 12.9. The Morgan fingerprint density at radius 3 is 1.98 bits per heavy atom. The summed E-state index contributed by atoms with van der Waals surface area (Å²) in [5, 5.41) is 6.76. The number of benzene rings is 7. The van der Waals surface area contributed by atoms with Crippen molar-refractivity contribution in [2.45, 2.75) is 19.8 Å². The predicted molar refractivity (Wildman–Crippen MR) is 193 cm³/mol. The highest BCUT2D eigenvalue weighted by Crippen LogP contribution is 2.47. The summed E-state index contributed by atoms with van der Waals surface area (Å²) in [5.74, 6) is 0.355. The van der Waals surface area contributed by atoms with Gasteiger partial charge in [-0.2, -0.15) is 0 Å². The number of furan rings is 2. The third-order valence-electron chi connectivity index (χ3n) is 9.21. The second-order valence-electron chi connectivity index (χ2n) is 12.3. The normalized spacial score (nSPS) is 11.9. The zero-order valence-corrected chi connectivity index (χ0v) is 25.7. The van der Waals surface area contributed by atoms with Crippen molar-refractivity contribution >= 4 is 71.7 Å². The minimum atomic E-state index is 0.355. The Balaban J connectivity index is 1.37. The van der Waals surface area contributed by atoms with Gasteiger partial charge < -0.3 is 13.7 Å². The minimum Gasteiger partial charge on any atom is -0.456 e. The van der Waals surface area contributed by atoms with E-state index in [0.29, 0.717) is 5.92 Å². The van der Waals surface area contributed by atoms with Crippen molar-refractivity contribution in [3.05, 3.63) is 151 Å². The van der Waals surface area contributed by atoms with Gasteiger partial charge in [-0.3, -0.25) is 0 Å². The molecule has 0 bridgehead atoms. The summed E-state index contributed by atoms with van der Waals surface area (Å²) in [6, 6.07) is 51.5. The average molecular weight is 594 g/mol. The maximum atomic E-state index is 6.64. The highest BCUT2D eigenvalue weighted by Gasteiger charge is 2.23. The molecule has 0 aliphatic heterocycles. The monoisotopic (exact) mass is 593 g/mol.